The third kappa shape index (κ3) is 2.36. The van der Waals surface area contributed by atoms with Crippen molar-refractivity contribution in [1.29, 1.82) is 0 Å². The predicted octanol–water partition coefficient (Wildman–Crippen LogP) is 1.63. The molecular weight excluding hydrogens is 178 g/mol. The lowest BCUT2D eigenvalue weighted by molar-refractivity contribution is -0.00732. The molecule has 0 aromatic carbocycles. The van der Waals surface area contributed by atoms with Crippen molar-refractivity contribution in [2.24, 2.45) is 0 Å². The van der Waals surface area contributed by atoms with E-state index in [0.29, 0.717) is 0 Å². The van der Waals surface area contributed by atoms with Crippen molar-refractivity contribution >= 4 is 0 Å². The third-order valence-corrected chi connectivity index (χ3v) is 2.92. The summed E-state index contributed by atoms with van der Waals surface area (Å²) < 4.78 is 5.02. The van der Waals surface area contributed by atoms with Crippen LogP contribution in [0.5, 0.6) is 0 Å². The Kier molecular flexibility index (Phi) is 2.61. The first kappa shape index (κ1) is 9.74. The number of likely N-dealkylation sites (tertiary alicyclic amines) is 1. The van der Waals surface area contributed by atoms with Gasteiger partial charge in [0.1, 0.15) is 0 Å². The van der Waals surface area contributed by atoms with Gasteiger partial charge in [0.25, 0.3) is 0 Å². The predicted molar refractivity (Wildman–Crippen MR) is 53.8 cm³/mol. The van der Waals surface area contributed by atoms with Gasteiger partial charge in [-0.25, -0.2) is 0 Å². The van der Waals surface area contributed by atoms with E-state index in [1.54, 1.807) is 12.5 Å². The number of hydrogen-bond donors (Lipinski definition) is 1. The summed E-state index contributed by atoms with van der Waals surface area (Å²) in [6.07, 6.45) is 5.22. The normalized spacial score (nSPS) is 22.4. The number of aliphatic hydroxyl groups is 1. The van der Waals surface area contributed by atoms with E-state index >= 15 is 0 Å². The molecule has 14 heavy (non-hydrogen) atoms. The van der Waals surface area contributed by atoms with Crippen LogP contribution >= 0.6 is 0 Å². The van der Waals surface area contributed by atoms with Crippen LogP contribution in [-0.4, -0.2) is 28.7 Å². The molecule has 1 aliphatic rings. The molecule has 0 unspecified atom stereocenters. The molecule has 0 amide bonds. The van der Waals surface area contributed by atoms with Crippen molar-refractivity contribution in [3.05, 3.63) is 24.2 Å². The Bertz CT molecular complexity index is 269. The van der Waals surface area contributed by atoms with E-state index in [9.17, 15) is 5.11 Å². The number of rotatable bonds is 2. The molecule has 0 radical (unpaired) electrons. The smallest absolute Gasteiger partial charge is 0.0947 e. The van der Waals surface area contributed by atoms with Crippen molar-refractivity contribution < 1.29 is 9.52 Å². The summed E-state index contributed by atoms with van der Waals surface area (Å²) in [6, 6.07) is 1.99. The van der Waals surface area contributed by atoms with E-state index in [2.05, 4.69) is 4.90 Å². The first-order chi connectivity index (χ1) is 6.66. The molecule has 0 saturated carbocycles. The highest BCUT2D eigenvalue weighted by Gasteiger charge is 2.27. The van der Waals surface area contributed by atoms with E-state index < -0.39 is 5.60 Å². The van der Waals surface area contributed by atoms with Crippen molar-refractivity contribution in [2.75, 3.05) is 13.1 Å². The first-order valence-electron chi connectivity index (χ1n) is 5.12. The highest BCUT2D eigenvalue weighted by Crippen LogP contribution is 2.22. The lowest BCUT2D eigenvalue weighted by atomic mass is 9.94. The Labute approximate surface area is 84.3 Å². The molecule has 0 aliphatic carbocycles. The van der Waals surface area contributed by atoms with Gasteiger partial charge < -0.3 is 9.52 Å². The molecule has 1 aromatic rings. The number of hydrogen-bond acceptors (Lipinski definition) is 3. The van der Waals surface area contributed by atoms with Crippen molar-refractivity contribution in [3.8, 4) is 0 Å². The fraction of sp³-hybridized carbons (Fsp3) is 0.636. The van der Waals surface area contributed by atoms with Crippen LogP contribution in [0.25, 0.3) is 0 Å². The molecule has 1 aliphatic heterocycles. The quantitative estimate of drug-likeness (QED) is 0.779. The van der Waals surface area contributed by atoms with Gasteiger partial charge in [-0.05, 0) is 25.8 Å². The van der Waals surface area contributed by atoms with Crippen LogP contribution in [0.15, 0.2) is 23.0 Å². The summed E-state index contributed by atoms with van der Waals surface area (Å²) in [5, 5.41) is 9.77. The Balaban J connectivity index is 1.85. The van der Waals surface area contributed by atoms with Gasteiger partial charge in [0, 0.05) is 25.2 Å². The van der Waals surface area contributed by atoms with Gasteiger partial charge >= 0.3 is 0 Å². The highest BCUT2D eigenvalue weighted by atomic mass is 16.3. The second-order valence-corrected chi connectivity index (χ2v) is 4.40. The Morgan fingerprint density at radius 3 is 2.79 bits per heavy atom. The van der Waals surface area contributed by atoms with Crippen LogP contribution in [-0.2, 0) is 6.54 Å². The molecular formula is C11H17NO2. The molecule has 1 aromatic heterocycles. The minimum Gasteiger partial charge on any atom is -0.472 e. The average molecular weight is 195 g/mol. The highest BCUT2D eigenvalue weighted by molar-refractivity contribution is 5.05. The minimum atomic E-state index is -0.451. The summed E-state index contributed by atoms with van der Waals surface area (Å²) in [6.45, 7) is 4.80. The topological polar surface area (TPSA) is 36.6 Å². The maximum absolute atomic E-state index is 9.77. The van der Waals surface area contributed by atoms with Gasteiger partial charge in [0.15, 0.2) is 0 Å². The minimum absolute atomic E-state index is 0.451. The molecule has 2 heterocycles. The van der Waals surface area contributed by atoms with E-state index in [1.807, 2.05) is 13.0 Å². The van der Waals surface area contributed by atoms with Crippen molar-refractivity contribution in [2.45, 2.75) is 31.9 Å². The fourth-order valence-corrected chi connectivity index (χ4v) is 1.83. The van der Waals surface area contributed by atoms with Gasteiger partial charge in [0.2, 0.25) is 0 Å². The summed E-state index contributed by atoms with van der Waals surface area (Å²) in [7, 11) is 0. The standard InChI is InChI=1S/C11H17NO2/c1-11(13)3-5-12(6-4-11)8-10-2-7-14-9-10/h2,7,9,13H,3-6,8H2,1H3. The summed E-state index contributed by atoms with van der Waals surface area (Å²) in [5.41, 5.74) is 0.763. The molecule has 2 rings (SSSR count). The number of furan rings is 1. The maximum atomic E-state index is 9.77. The Morgan fingerprint density at radius 1 is 1.50 bits per heavy atom. The van der Waals surface area contributed by atoms with Gasteiger partial charge in [-0.15, -0.1) is 0 Å². The fourth-order valence-electron chi connectivity index (χ4n) is 1.83. The SMILES string of the molecule is CC1(O)CCN(Cc2ccoc2)CC1. The average Bonchev–Trinajstić information content (AvgIpc) is 2.61. The van der Waals surface area contributed by atoms with Gasteiger partial charge in [-0.1, -0.05) is 0 Å². The lowest BCUT2D eigenvalue weighted by Crippen LogP contribution is -2.41. The second kappa shape index (κ2) is 3.75. The van der Waals surface area contributed by atoms with Crippen molar-refractivity contribution in [3.63, 3.8) is 0 Å². The van der Waals surface area contributed by atoms with Crippen LogP contribution in [0.3, 0.4) is 0 Å². The van der Waals surface area contributed by atoms with E-state index in [-0.39, 0.29) is 0 Å². The van der Waals surface area contributed by atoms with E-state index in [0.717, 1.165) is 32.5 Å². The van der Waals surface area contributed by atoms with Crippen LogP contribution < -0.4 is 0 Å². The summed E-state index contributed by atoms with van der Waals surface area (Å²) in [5.74, 6) is 0. The maximum Gasteiger partial charge on any atom is 0.0947 e. The van der Waals surface area contributed by atoms with Crippen molar-refractivity contribution in [1.82, 2.24) is 4.90 Å². The van der Waals surface area contributed by atoms with Gasteiger partial charge in [0.05, 0.1) is 18.1 Å². The molecule has 78 valence electrons. The molecule has 1 N–H and O–H groups in total. The van der Waals surface area contributed by atoms with Gasteiger partial charge in [-0.2, -0.15) is 0 Å². The summed E-state index contributed by atoms with van der Waals surface area (Å²) in [4.78, 5) is 2.35. The number of nitrogens with zero attached hydrogens (tertiary/aromatic N) is 1. The van der Waals surface area contributed by atoms with Crippen LogP contribution in [0.4, 0.5) is 0 Å². The Morgan fingerprint density at radius 2 is 2.21 bits per heavy atom. The second-order valence-electron chi connectivity index (χ2n) is 4.40. The molecule has 1 fully saturated rings. The molecule has 3 nitrogen and oxygen atoms in total. The van der Waals surface area contributed by atoms with E-state index in [4.69, 9.17) is 4.42 Å². The van der Waals surface area contributed by atoms with Crippen LogP contribution in [0.2, 0.25) is 0 Å². The van der Waals surface area contributed by atoms with Crippen LogP contribution in [0.1, 0.15) is 25.3 Å². The summed E-state index contributed by atoms with van der Waals surface area (Å²) >= 11 is 0. The zero-order chi connectivity index (χ0) is 10.0. The van der Waals surface area contributed by atoms with Gasteiger partial charge in [-0.3, -0.25) is 4.90 Å². The van der Waals surface area contributed by atoms with E-state index in [1.165, 1.54) is 5.56 Å². The molecule has 0 bridgehead atoms. The monoisotopic (exact) mass is 195 g/mol. The zero-order valence-electron chi connectivity index (χ0n) is 8.57. The number of piperidine rings is 1. The molecule has 0 atom stereocenters. The first-order valence-corrected chi connectivity index (χ1v) is 5.12. The third-order valence-electron chi connectivity index (χ3n) is 2.92. The van der Waals surface area contributed by atoms with Crippen LogP contribution in [0, 0.1) is 0 Å². The Hall–Kier alpha value is -0.800. The molecule has 3 heteroatoms. The molecule has 0 spiro atoms. The zero-order valence-corrected chi connectivity index (χ0v) is 8.57. The molecule has 1 saturated heterocycles. The largest absolute Gasteiger partial charge is 0.472 e. The lowest BCUT2D eigenvalue weighted by Gasteiger charge is -2.35.